The van der Waals surface area contributed by atoms with Gasteiger partial charge in [0.2, 0.25) is 0 Å². The van der Waals surface area contributed by atoms with E-state index in [0.29, 0.717) is 26.2 Å². The summed E-state index contributed by atoms with van der Waals surface area (Å²) in [5.41, 5.74) is -3.47. The second-order valence-corrected chi connectivity index (χ2v) is 6.19. The van der Waals surface area contributed by atoms with Gasteiger partial charge in [-0.15, -0.1) is 12.4 Å². The van der Waals surface area contributed by atoms with Crippen LogP contribution in [0.5, 0.6) is 0 Å². The predicted octanol–water partition coefficient (Wildman–Crippen LogP) is 4.53. The minimum Gasteiger partial charge on any atom is -0.326 e. The van der Waals surface area contributed by atoms with Crippen molar-refractivity contribution in [3.63, 3.8) is 0 Å². The SMILES string of the molecule is CN(C(=O)c1c(C(F)(F)F)c(C(F)(F)C(F)(F)F)nn1C)c1ccc(F)c(CN)c1F.Cl. The summed E-state index contributed by atoms with van der Waals surface area (Å²) in [6, 6.07) is 1.29. The summed E-state index contributed by atoms with van der Waals surface area (Å²) in [7, 11) is 1.23. The number of amides is 1. The first kappa shape index (κ1) is 27.5. The molecule has 0 fully saturated rings. The van der Waals surface area contributed by atoms with E-state index in [2.05, 4.69) is 5.10 Å². The van der Waals surface area contributed by atoms with Gasteiger partial charge in [0.15, 0.2) is 11.5 Å². The molecule has 32 heavy (non-hydrogen) atoms. The Morgan fingerprint density at radius 2 is 1.62 bits per heavy atom. The lowest BCUT2D eigenvalue weighted by Gasteiger charge is -2.22. The highest BCUT2D eigenvalue weighted by atomic mass is 35.5. The average molecular weight is 503 g/mol. The molecule has 2 N–H and O–H groups in total. The molecule has 16 heteroatoms. The zero-order valence-electron chi connectivity index (χ0n) is 15.9. The molecule has 0 radical (unpaired) electrons. The number of hydrogen-bond donors (Lipinski definition) is 1. The zero-order valence-corrected chi connectivity index (χ0v) is 16.7. The summed E-state index contributed by atoms with van der Waals surface area (Å²) in [5, 5.41) is 2.59. The number of benzene rings is 1. The molecular weight excluding hydrogens is 490 g/mol. The number of alkyl halides is 8. The molecule has 2 aromatic rings. The van der Waals surface area contributed by atoms with Gasteiger partial charge in [-0.05, 0) is 12.1 Å². The lowest BCUT2D eigenvalue weighted by molar-refractivity contribution is -0.292. The molecule has 0 saturated heterocycles. The molecule has 0 spiro atoms. The Morgan fingerprint density at radius 3 is 2.06 bits per heavy atom. The van der Waals surface area contributed by atoms with Crippen LogP contribution in [0.4, 0.5) is 49.6 Å². The van der Waals surface area contributed by atoms with Crippen molar-refractivity contribution in [1.29, 1.82) is 0 Å². The van der Waals surface area contributed by atoms with E-state index in [4.69, 9.17) is 5.73 Å². The van der Waals surface area contributed by atoms with Gasteiger partial charge in [-0.3, -0.25) is 9.48 Å². The number of anilines is 1. The van der Waals surface area contributed by atoms with E-state index in [0.717, 1.165) is 0 Å². The highest BCUT2D eigenvalue weighted by molar-refractivity contribution is 6.06. The minimum atomic E-state index is -6.45. The first-order valence-corrected chi connectivity index (χ1v) is 8.01. The molecule has 180 valence electrons. The molecular formula is C16H13ClF10N4O. The summed E-state index contributed by atoms with van der Waals surface area (Å²) in [6.07, 6.45) is -12.3. The van der Waals surface area contributed by atoms with E-state index >= 15 is 0 Å². The fourth-order valence-electron chi connectivity index (χ4n) is 2.69. The highest BCUT2D eigenvalue weighted by Gasteiger charge is 2.64. The van der Waals surface area contributed by atoms with Crippen LogP contribution in [0, 0.1) is 11.6 Å². The first-order valence-electron chi connectivity index (χ1n) is 8.01. The van der Waals surface area contributed by atoms with Gasteiger partial charge in [0.05, 0.1) is 5.69 Å². The summed E-state index contributed by atoms with van der Waals surface area (Å²) >= 11 is 0. The number of carbonyl (C=O) groups is 1. The van der Waals surface area contributed by atoms with Gasteiger partial charge in [-0.2, -0.15) is 40.2 Å². The third kappa shape index (κ3) is 4.48. The topological polar surface area (TPSA) is 64.2 Å². The first-order chi connectivity index (χ1) is 14.0. The molecule has 1 amide bonds. The van der Waals surface area contributed by atoms with E-state index in [1.165, 1.54) is 0 Å². The minimum absolute atomic E-state index is 0. The van der Waals surface area contributed by atoms with E-state index < -0.39 is 70.6 Å². The van der Waals surface area contributed by atoms with Crippen molar-refractivity contribution < 1.29 is 48.7 Å². The van der Waals surface area contributed by atoms with Crippen LogP contribution < -0.4 is 10.6 Å². The fraction of sp³-hybridized carbons (Fsp3) is 0.375. The van der Waals surface area contributed by atoms with Crippen LogP contribution in [0.3, 0.4) is 0 Å². The lowest BCUT2D eigenvalue weighted by Crippen LogP contribution is -2.36. The highest BCUT2D eigenvalue weighted by Crippen LogP contribution is 2.48. The monoisotopic (exact) mass is 502 g/mol. The smallest absolute Gasteiger partial charge is 0.326 e. The molecule has 0 saturated carbocycles. The molecule has 0 bridgehead atoms. The molecule has 0 atom stereocenters. The van der Waals surface area contributed by atoms with Crippen LogP contribution in [0.2, 0.25) is 0 Å². The molecule has 5 nitrogen and oxygen atoms in total. The van der Waals surface area contributed by atoms with Crippen molar-refractivity contribution in [3.8, 4) is 0 Å². The van der Waals surface area contributed by atoms with E-state index in [-0.39, 0.29) is 22.0 Å². The maximum Gasteiger partial charge on any atom is 0.459 e. The Hall–Kier alpha value is -2.55. The molecule has 1 aromatic heterocycles. The van der Waals surface area contributed by atoms with Gasteiger partial charge in [0.1, 0.15) is 17.1 Å². The van der Waals surface area contributed by atoms with Crippen LogP contribution in [-0.4, -0.2) is 28.9 Å². The largest absolute Gasteiger partial charge is 0.459 e. The molecule has 0 aliphatic carbocycles. The van der Waals surface area contributed by atoms with Gasteiger partial charge < -0.3 is 10.6 Å². The van der Waals surface area contributed by atoms with Crippen LogP contribution in [0.15, 0.2) is 12.1 Å². The van der Waals surface area contributed by atoms with Crippen LogP contribution in [-0.2, 0) is 25.7 Å². The summed E-state index contributed by atoms with van der Waals surface area (Å²) in [5.74, 6) is -10.5. The van der Waals surface area contributed by atoms with Crippen LogP contribution in [0.25, 0.3) is 0 Å². The maximum atomic E-state index is 14.4. The molecule has 0 aliphatic rings. The van der Waals surface area contributed by atoms with E-state index in [1.54, 1.807) is 0 Å². The number of nitrogens with two attached hydrogens (primary N) is 1. The maximum absolute atomic E-state index is 14.4. The Bertz CT molecular complexity index is 1020. The predicted molar refractivity (Wildman–Crippen MR) is 92.4 cm³/mol. The van der Waals surface area contributed by atoms with Gasteiger partial charge >= 0.3 is 18.3 Å². The van der Waals surface area contributed by atoms with Crippen LogP contribution in [0.1, 0.15) is 27.3 Å². The Morgan fingerprint density at radius 1 is 1.09 bits per heavy atom. The third-order valence-electron chi connectivity index (χ3n) is 4.22. The van der Waals surface area contributed by atoms with Crippen LogP contribution >= 0.6 is 12.4 Å². The van der Waals surface area contributed by atoms with Crippen molar-refractivity contribution in [2.24, 2.45) is 12.8 Å². The molecule has 0 aliphatic heterocycles. The van der Waals surface area contributed by atoms with Gasteiger partial charge in [0.25, 0.3) is 5.91 Å². The second-order valence-electron chi connectivity index (χ2n) is 6.19. The Balaban J connectivity index is 0.00000512. The standard InChI is InChI=1S/C16H12F10N4O.ClH/c1-29(8-4-3-7(17)6(5-27)10(8)18)13(31)11-9(15(21,22)23)12(28-30(11)2)14(19,20)16(24,25)26;/h3-4H,5,27H2,1-2H3;1H. The third-order valence-corrected chi connectivity index (χ3v) is 4.22. The number of rotatable bonds is 4. The number of halogens is 11. The average Bonchev–Trinajstić information content (AvgIpc) is 2.98. The summed E-state index contributed by atoms with van der Waals surface area (Å²) in [4.78, 5) is 12.8. The van der Waals surface area contributed by atoms with Crippen molar-refractivity contribution in [2.45, 2.75) is 24.8 Å². The molecule has 2 rings (SSSR count). The quantitative estimate of drug-likeness (QED) is 0.625. The number of aryl methyl sites for hydroxylation is 1. The van der Waals surface area contributed by atoms with Gasteiger partial charge in [-0.1, -0.05) is 0 Å². The zero-order chi connectivity index (χ0) is 24.1. The number of carbonyl (C=O) groups excluding carboxylic acids is 1. The number of hydrogen-bond acceptors (Lipinski definition) is 3. The van der Waals surface area contributed by atoms with Crippen molar-refractivity contribution in [2.75, 3.05) is 11.9 Å². The Kier molecular flexibility index (Phi) is 7.53. The molecule has 0 unspecified atom stereocenters. The summed E-state index contributed by atoms with van der Waals surface area (Å²) in [6.45, 7) is -0.699. The summed E-state index contributed by atoms with van der Waals surface area (Å²) < 4.78 is 134. The van der Waals surface area contributed by atoms with Gasteiger partial charge in [-0.25, -0.2) is 8.78 Å². The second kappa shape index (κ2) is 8.77. The van der Waals surface area contributed by atoms with Gasteiger partial charge in [0, 0.05) is 26.2 Å². The molecule has 1 heterocycles. The normalized spacial score (nSPS) is 12.5. The lowest BCUT2D eigenvalue weighted by atomic mass is 10.1. The number of nitrogens with zero attached hydrogens (tertiary/aromatic N) is 3. The Labute approximate surface area is 179 Å². The number of aromatic nitrogens is 2. The van der Waals surface area contributed by atoms with Crippen molar-refractivity contribution in [3.05, 3.63) is 46.3 Å². The van der Waals surface area contributed by atoms with Crippen molar-refractivity contribution in [1.82, 2.24) is 9.78 Å². The van der Waals surface area contributed by atoms with E-state index in [9.17, 15) is 48.7 Å². The van der Waals surface area contributed by atoms with Crippen molar-refractivity contribution >= 4 is 24.0 Å². The van der Waals surface area contributed by atoms with E-state index in [1.807, 2.05) is 0 Å². The molecule has 1 aromatic carbocycles. The fourth-order valence-corrected chi connectivity index (χ4v) is 2.69.